The lowest BCUT2D eigenvalue weighted by molar-refractivity contribution is 0.190. The molecule has 1 aromatic heterocycles. The van der Waals surface area contributed by atoms with Crippen LogP contribution in [0.4, 0.5) is 10.2 Å². The number of halogens is 2. The molecule has 2 rings (SSSR count). The summed E-state index contributed by atoms with van der Waals surface area (Å²) in [4.78, 5) is 6.29. The molecule has 2 heterocycles. The fourth-order valence-corrected chi connectivity index (χ4v) is 2.28. The van der Waals surface area contributed by atoms with E-state index in [9.17, 15) is 4.39 Å². The molecule has 1 aromatic rings. The van der Waals surface area contributed by atoms with Crippen LogP contribution >= 0.6 is 11.6 Å². The third kappa shape index (κ3) is 3.07. The Balaban J connectivity index is 2.01. The molecule has 1 N–H and O–H groups in total. The summed E-state index contributed by atoms with van der Waals surface area (Å²) in [5.41, 5.74) is 0. The largest absolute Gasteiger partial charge is 0.365 e. The molecule has 2 unspecified atom stereocenters. The van der Waals surface area contributed by atoms with Crippen molar-refractivity contribution in [2.24, 2.45) is 0 Å². The van der Waals surface area contributed by atoms with E-state index in [1.54, 1.807) is 0 Å². The van der Waals surface area contributed by atoms with Crippen LogP contribution in [-0.2, 0) is 0 Å². The zero-order chi connectivity index (χ0) is 12.4. The first kappa shape index (κ1) is 12.6. The molecule has 0 amide bonds. The maximum atomic E-state index is 13.6. The fraction of sp³-hybridized carbons (Fsp3) is 0.583. The number of pyridine rings is 1. The van der Waals surface area contributed by atoms with Crippen molar-refractivity contribution < 1.29 is 4.39 Å². The molecule has 1 fully saturated rings. The van der Waals surface area contributed by atoms with Gasteiger partial charge in [0.15, 0.2) is 11.6 Å². The van der Waals surface area contributed by atoms with Crippen LogP contribution in [0.3, 0.4) is 0 Å². The average molecular weight is 258 g/mol. The summed E-state index contributed by atoms with van der Waals surface area (Å²) in [6.45, 7) is 3.20. The van der Waals surface area contributed by atoms with E-state index in [1.807, 2.05) is 0 Å². The monoisotopic (exact) mass is 257 g/mol. The highest BCUT2D eigenvalue weighted by atomic mass is 35.5. The lowest BCUT2D eigenvalue weighted by atomic mass is 9.99. The minimum Gasteiger partial charge on any atom is -0.365 e. The normalized spacial score (nSPS) is 25.9. The molecule has 0 aliphatic carbocycles. The Bertz CT molecular complexity index is 399. The summed E-state index contributed by atoms with van der Waals surface area (Å²) in [5.74, 6) is -0.0831. The van der Waals surface area contributed by atoms with E-state index in [0.29, 0.717) is 16.9 Å². The molecular weight excluding hydrogens is 241 g/mol. The highest BCUT2D eigenvalue weighted by molar-refractivity contribution is 6.30. The summed E-state index contributed by atoms with van der Waals surface area (Å²) in [5, 5.41) is 3.48. The molecule has 3 nitrogen and oxygen atoms in total. The lowest BCUT2D eigenvalue weighted by Crippen LogP contribution is -2.42. The molecule has 1 aliphatic heterocycles. The average Bonchev–Trinajstić information content (AvgIpc) is 2.27. The second-order valence-corrected chi connectivity index (χ2v) is 5.12. The summed E-state index contributed by atoms with van der Waals surface area (Å²) < 4.78 is 13.6. The van der Waals surface area contributed by atoms with Gasteiger partial charge in [-0.2, -0.15) is 0 Å². The van der Waals surface area contributed by atoms with E-state index in [1.165, 1.54) is 12.3 Å². The van der Waals surface area contributed by atoms with Gasteiger partial charge >= 0.3 is 0 Å². The van der Waals surface area contributed by atoms with Crippen molar-refractivity contribution in [1.82, 2.24) is 9.88 Å². The topological polar surface area (TPSA) is 28.2 Å². The predicted octanol–water partition coefficient (Wildman–Crippen LogP) is 2.77. The van der Waals surface area contributed by atoms with E-state index >= 15 is 0 Å². The Labute approximate surface area is 106 Å². The SMILES string of the molecule is CC1CC(Nc2ncc(Cl)cc2F)CCN1C. The third-order valence-corrected chi connectivity index (χ3v) is 3.56. The molecule has 2 atom stereocenters. The molecule has 17 heavy (non-hydrogen) atoms. The summed E-state index contributed by atoms with van der Waals surface area (Å²) in [6, 6.07) is 2.08. The van der Waals surface area contributed by atoms with Crippen LogP contribution in [0.15, 0.2) is 12.3 Å². The number of hydrogen-bond acceptors (Lipinski definition) is 3. The van der Waals surface area contributed by atoms with Crippen molar-refractivity contribution in [1.29, 1.82) is 0 Å². The first-order chi connectivity index (χ1) is 8.06. The Morgan fingerprint density at radius 3 is 3.00 bits per heavy atom. The number of aromatic nitrogens is 1. The summed E-state index contributed by atoms with van der Waals surface area (Å²) >= 11 is 5.67. The van der Waals surface area contributed by atoms with Gasteiger partial charge in [-0.05, 0) is 32.9 Å². The smallest absolute Gasteiger partial charge is 0.166 e. The molecule has 1 saturated heterocycles. The standard InChI is InChI=1S/C12H17ClFN3/c1-8-5-10(3-4-17(8)2)16-12-11(14)6-9(13)7-15-12/h6-8,10H,3-5H2,1-2H3,(H,15,16). The van der Waals surface area contributed by atoms with E-state index in [2.05, 4.69) is 29.2 Å². The molecule has 1 aliphatic rings. The summed E-state index contributed by atoms with van der Waals surface area (Å²) in [7, 11) is 2.11. The Morgan fingerprint density at radius 1 is 1.59 bits per heavy atom. The van der Waals surface area contributed by atoms with Crippen LogP contribution < -0.4 is 5.32 Å². The molecule has 0 bridgehead atoms. The lowest BCUT2D eigenvalue weighted by Gasteiger charge is -2.35. The molecule has 94 valence electrons. The number of anilines is 1. The predicted molar refractivity (Wildman–Crippen MR) is 67.9 cm³/mol. The first-order valence-electron chi connectivity index (χ1n) is 5.84. The van der Waals surface area contributed by atoms with Gasteiger partial charge in [-0.15, -0.1) is 0 Å². The van der Waals surface area contributed by atoms with Crippen LogP contribution in [0.5, 0.6) is 0 Å². The maximum absolute atomic E-state index is 13.6. The van der Waals surface area contributed by atoms with Crippen molar-refractivity contribution in [2.45, 2.75) is 31.8 Å². The van der Waals surface area contributed by atoms with Gasteiger partial charge in [-0.25, -0.2) is 9.37 Å². The van der Waals surface area contributed by atoms with Crippen molar-refractivity contribution in [2.75, 3.05) is 18.9 Å². The van der Waals surface area contributed by atoms with Gasteiger partial charge in [0.2, 0.25) is 0 Å². The minimum absolute atomic E-state index is 0.282. The van der Waals surface area contributed by atoms with Gasteiger partial charge in [-0.1, -0.05) is 11.6 Å². The van der Waals surface area contributed by atoms with Crippen LogP contribution in [0.1, 0.15) is 19.8 Å². The van der Waals surface area contributed by atoms with Crippen LogP contribution in [0.2, 0.25) is 5.02 Å². The molecular formula is C12H17ClFN3. The van der Waals surface area contributed by atoms with Crippen molar-refractivity contribution in [3.63, 3.8) is 0 Å². The van der Waals surface area contributed by atoms with E-state index in [0.717, 1.165) is 19.4 Å². The zero-order valence-corrected chi connectivity index (χ0v) is 10.8. The first-order valence-corrected chi connectivity index (χ1v) is 6.22. The zero-order valence-electron chi connectivity index (χ0n) is 10.1. The second-order valence-electron chi connectivity index (χ2n) is 4.68. The highest BCUT2D eigenvalue weighted by Crippen LogP contribution is 2.21. The number of likely N-dealkylation sites (tertiary alicyclic amines) is 1. The van der Waals surface area contributed by atoms with Gasteiger partial charge in [-0.3, -0.25) is 0 Å². The van der Waals surface area contributed by atoms with Crippen molar-refractivity contribution in [3.05, 3.63) is 23.1 Å². The van der Waals surface area contributed by atoms with Crippen LogP contribution in [0.25, 0.3) is 0 Å². The van der Waals surface area contributed by atoms with Crippen molar-refractivity contribution in [3.8, 4) is 0 Å². The minimum atomic E-state index is -0.385. The molecule has 0 saturated carbocycles. The quantitative estimate of drug-likeness (QED) is 0.883. The van der Waals surface area contributed by atoms with Gasteiger partial charge in [0.1, 0.15) is 0 Å². The molecule has 0 radical (unpaired) electrons. The van der Waals surface area contributed by atoms with E-state index in [-0.39, 0.29) is 11.9 Å². The van der Waals surface area contributed by atoms with Gasteiger partial charge in [0, 0.05) is 24.8 Å². The fourth-order valence-electron chi connectivity index (χ4n) is 2.13. The number of nitrogens with zero attached hydrogens (tertiary/aromatic N) is 2. The van der Waals surface area contributed by atoms with E-state index in [4.69, 9.17) is 11.6 Å². The molecule has 0 spiro atoms. The Kier molecular flexibility index (Phi) is 3.84. The Hall–Kier alpha value is -0.870. The number of rotatable bonds is 2. The second kappa shape index (κ2) is 5.19. The van der Waals surface area contributed by atoms with Gasteiger partial charge < -0.3 is 10.2 Å². The van der Waals surface area contributed by atoms with E-state index < -0.39 is 0 Å². The van der Waals surface area contributed by atoms with Crippen LogP contribution in [0, 0.1) is 5.82 Å². The third-order valence-electron chi connectivity index (χ3n) is 3.36. The van der Waals surface area contributed by atoms with Gasteiger partial charge in [0.05, 0.1) is 5.02 Å². The number of piperidine rings is 1. The number of hydrogen-bond donors (Lipinski definition) is 1. The Morgan fingerprint density at radius 2 is 2.35 bits per heavy atom. The van der Waals surface area contributed by atoms with Gasteiger partial charge in [0.25, 0.3) is 0 Å². The van der Waals surface area contributed by atoms with Crippen molar-refractivity contribution >= 4 is 17.4 Å². The molecule has 5 heteroatoms. The van der Waals surface area contributed by atoms with Crippen LogP contribution in [-0.4, -0.2) is 35.6 Å². The summed E-state index contributed by atoms with van der Waals surface area (Å²) in [6.07, 6.45) is 3.47. The maximum Gasteiger partial charge on any atom is 0.166 e. The molecule has 0 aromatic carbocycles. The number of nitrogens with one attached hydrogen (secondary N) is 1. The highest BCUT2D eigenvalue weighted by Gasteiger charge is 2.23.